The summed E-state index contributed by atoms with van der Waals surface area (Å²) in [4.78, 5) is 23.4. The number of carbonyl (C=O) groups is 1. The number of benzene rings is 2. The molecular formula is C19H17NO3S. The van der Waals surface area contributed by atoms with E-state index >= 15 is 0 Å². The minimum absolute atomic E-state index is 0.0303. The minimum atomic E-state index is -0.211. The van der Waals surface area contributed by atoms with Crippen LogP contribution in [0.15, 0.2) is 70.8 Å². The molecule has 0 atom stereocenters. The Labute approximate surface area is 144 Å². The van der Waals surface area contributed by atoms with Crippen molar-refractivity contribution in [1.29, 1.82) is 0 Å². The van der Waals surface area contributed by atoms with E-state index in [1.807, 2.05) is 54.6 Å². The summed E-state index contributed by atoms with van der Waals surface area (Å²) in [6.07, 6.45) is 0.957. The number of aromatic nitrogens is 1. The van der Waals surface area contributed by atoms with Crippen LogP contribution in [-0.2, 0) is 22.6 Å². The summed E-state index contributed by atoms with van der Waals surface area (Å²) in [5.74, 6) is -0.211. The molecule has 0 amide bonds. The van der Waals surface area contributed by atoms with E-state index in [1.165, 1.54) is 11.5 Å². The second-order valence-corrected chi connectivity index (χ2v) is 6.20. The first kappa shape index (κ1) is 16.2. The molecular weight excluding hydrogens is 322 g/mol. The van der Waals surface area contributed by atoms with Gasteiger partial charge in [-0.3, -0.25) is 9.59 Å². The zero-order valence-electron chi connectivity index (χ0n) is 13.1. The Bertz CT molecular complexity index is 850. The topological polar surface area (TPSA) is 48.3 Å². The SMILES string of the molecule is O=C(CCc1ccc(-n2sccc2=O)cc1)OCc1ccccc1. The molecule has 24 heavy (non-hydrogen) atoms. The van der Waals surface area contributed by atoms with E-state index in [2.05, 4.69) is 0 Å². The molecule has 0 bridgehead atoms. The van der Waals surface area contributed by atoms with Gasteiger partial charge in [-0.05, 0) is 29.7 Å². The summed E-state index contributed by atoms with van der Waals surface area (Å²) in [5.41, 5.74) is 2.83. The summed E-state index contributed by atoms with van der Waals surface area (Å²) < 4.78 is 6.89. The van der Waals surface area contributed by atoms with Gasteiger partial charge in [0.15, 0.2) is 0 Å². The van der Waals surface area contributed by atoms with Gasteiger partial charge in [-0.2, -0.15) is 0 Å². The highest BCUT2D eigenvalue weighted by Gasteiger charge is 2.05. The van der Waals surface area contributed by atoms with E-state index in [9.17, 15) is 9.59 Å². The third-order valence-electron chi connectivity index (χ3n) is 3.61. The molecule has 0 unspecified atom stereocenters. The highest BCUT2D eigenvalue weighted by Crippen LogP contribution is 2.12. The molecule has 0 aliphatic heterocycles. The van der Waals surface area contributed by atoms with Crippen molar-refractivity contribution in [1.82, 2.24) is 3.96 Å². The molecule has 2 aromatic carbocycles. The monoisotopic (exact) mass is 339 g/mol. The fraction of sp³-hybridized carbons (Fsp3) is 0.158. The number of carbonyl (C=O) groups excluding carboxylic acids is 1. The van der Waals surface area contributed by atoms with Crippen LogP contribution in [0.2, 0.25) is 0 Å². The number of hydrogen-bond acceptors (Lipinski definition) is 4. The second kappa shape index (κ2) is 7.75. The molecule has 0 aliphatic rings. The summed E-state index contributed by atoms with van der Waals surface area (Å²) in [6, 6.07) is 18.8. The first-order chi connectivity index (χ1) is 11.7. The predicted octanol–water partition coefficient (Wildman–Crippen LogP) is 3.58. The molecule has 5 heteroatoms. The lowest BCUT2D eigenvalue weighted by atomic mass is 10.1. The molecule has 0 spiro atoms. The zero-order valence-corrected chi connectivity index (χ0v) is 13.9. The van der Waals surface area contributed by atoms with E-state index < -0.39 is 0 Å². The van der Waals surface area contributed by atoms with E-state index in [0.717, 1.165) is 16.8 Å². The normalized spacial score (nSPS) is 10.5. The maximum Gasteiger partial charge on any atom is 0.306 e. The summed E-state index contributed by atoms with van der Waals surface area (Å²) in [6.45, 7) is 0.305. The third kappa shape index (κ3) is 4.20. The van der Waals surface area contributed by atoms with Crippen LogP contribution < -0.4 is 5.56 Å². The second-order valence-electron chi connectivity index (χ2n) is 5.35. The lowest BCUT2D eigenvalue weighted by Gasteiger charge is -2.06. The summed E-state index contributed by atoms with van der Waals surface area (Å²) >= 11 is 1.36. The van der Waals surface area contributed by atoms with Crippen molar-refractivity contribution in [2.45, 2.75) is 19.4 Å². The molecule has 0 fully saturated rings. The average molecular weight is 339 g/mol. The van der Waals surface area contributed by atoms with Crippen LogP contribution in [0, 0.1) is 0 Å². The Hall–Kier alpha value is -2.66. The summed E-state index contributed by atoms with van der Waals surface area (Å²) in [7, 11) is 0. The van der Waals surface area contributed by atoms with Crippen molar-refractivity contribution < 1.29 is 9.53 Å². The van der Waals surface area contributed by atoms with Crippen molar-refractivity contribution >= 4 is 17.5 Å². The van der Waals surface area contributed by atoms with Crippen LogP contribution in [0.3, 0.4) is 0 Å². The molecule has 3 aromatic rings. The highest BCUT2D eigenvalue weighted by molar-refractivity contribution is 7.04. The van der Waals surface area contributed by atoms with E-state index in [1.54, 1.807) is 15.4 Å². The van der Waals surface area contributed by atoms with Gasteiger partial charge in [0.25, 0.3) is 5.56 Å². The maximum absolute atomic E-state index is 11.8. The first-order valence-electron chi connectivity index (χ1n) is 7.68. The lowest BCUT2D eigenvalue weighted by Crippen LogP contribution is -2.09. The van der Waals surface area contributed by atoms with E-state index in [0.29, 0.717) is 19.4 Å². The minimum Gasteiger partial charge on any atom is -0.461 e. The van der Waals surface area contributed by atoms with Crippen molar-refractivity contribution in [2.75, 3.05) is 0 Å². The van der Waals surface area contributed by atoms with Crippen LogP contribution in [0.25, 0.3) is 5.69 Å². The van der Waals surface area contributed by atoms with Crippen molar-refractivity contribution in [3.8, 4) is 5.69 Å². The maximum atomic E-state index is 11.8. The molecule has 122 valence electrons. The number of rotatable bonds is 6. The number of aryl methyl sites for hydroxylation is 1. The van der Waals surface area contributed by atoms with E-state index in [4.69, 9.17) is 4.74 Å². The first-order valence-corrected chi connectivity index (χ1v) is 8.52. The Morgan fingerprint density at radius 3 is 2.38 bits per heavy atom. The number of esters is 1. The van der Waals surface area contributed by atoms with Gasteiger partial charge in [-0.1, -0.05) is 54.0 Å². The fourth-order valence-electron chi connectivity index (χ4n) is 2.31. The van der Waals surface area contributed by atoms with Crippen LogP contribution in [0.5, 0.6) is 0 Å². The molecule has 3 rings (SSSR count). The van der Waals surface area contributed by atoms with Crippen molar-refractivity contribution in [2.24, 2.45) is 0 Å². The number of ether oxygens (including phenoxy) is 1. The van der Waals surface area contributed by atoms with Gasteiger partial charge in [-0.15, -0.1) is 0 Å². The van der Waals surface area contributed by atoms with Crippen LogP contribution in [0.1, 0.15) is 17.5 Å². The Balaban J connectivity index is 1.50. The van der Waals surface area contributed by atoms with Crippen LogP contribution in [-0.4, -0.2) is 9.93 Å². The van der Waals surface area contributed by atoms with Crippen LogP contribution >= 0.6 is 11.5 Å². The standard InChI is InChI=1S/C19H17NO3S/c21-18-12-13-24-20(18)17-9-6-15(7-10-17)8-11-19(22)23-14-16-4-2-1-3-5-16/h1-7,9-10,12-13H,8,11,14H2. The quantitative estimate of drug-likeness (QED) is 0.645. The van der Waals surface area contributed by atoms with Gasteiger partial charge in [0.05, 0.1) is 5.69 Å². The van der Waals surface area contributed by atoms with E-state index in [-0.39, 0.29) is 11.5 Å². The average Bonchev–Trinajstić information content (AvgIpc) is 3.05. The molecule has 0 saturated heterocycles. The van der Waals surface area contributed by atoms with Gasteiger partial charge in [-0.25, -0.2) is 3.96 Å². The van der Waals surface area contributed by atoms with Gasteiger partial charge < -0.3 is 4.74 Å². The molecule has 1 heterocycles. The lowest BCUT2D eigenvalue weighted by molar-refractivity contribution is -0.144. The van der Waals surface area contributed by atoms with Gasteiger partial charge in [0.2, 0.25) is 0 Å². The van der Waals surface area contributed by atoms with Crippen molar-refractivity contribution in [3.05, 3.63) is 87.5 Å². The third-order valence-corrected chi connectivity index (χ3v) is 4.47. The summed E-state index contributed by atoms with van der Waals surface area (Å²) in [5, 5.41) is 1.76. The molecule has 0 aliphatic carbocycles. The number of nitrogens with zero attached hydrogens (tertiary/aromatic N) is 1. The Morgan fingerprint density at radius 1 is 0.958 bits per heavy atom. The van der Waals surface area contributed by atoms with Gasteiger partial charge in [0.1, 0.15) is 6.61 Å². The molecule has 0 N–H and O–H groups in total. The largest absolute Gasteiger partial charge is 0.461 e. The molecule has 0 radical (unpaired) electrons. The van der Waals surface area contributed by atoms with Crippen LogP contribution in [0.4, 0.5) is 0 Å². The Morgan fingerprint density at radius 2 is 1.71 bits per heavy atom. The molecule has 4 nitrogen and oxygen atoms in total. The molecule has 0 saturated carbocycles. The van der Waals surface area contributed by atoms with Gasteiger partial charge >= 0.3 is 5.97 Å². The van der Waals surface area contributed by atoms with Crippen molar-refractivity contribution in [3.63, 3.8) is 0 Å². The fourth-order valence-corrected chi connectivity index (χ4v) is 3.02. The molecule has 1 aromatic heterocycles. The smallest absolute Gasteiger partial charge is 0.306 e. The predicted molar refractivity (Wildman–Crippen MR) is 94.5 cm³/mol. The Kier molecular flexibility index (Phi) is 5.23. The van der Waals surface area contributed by atoms with Gasteiger partial charge in [0, 0.05) is 17.9 Å². The number of hydrogen-bond donors (Lipinski definition) is 0. The zero-order chi connectivity index (χ0) is 16.8. The highest BCUT2D eigenvalue weighted by atomic mass is 32.1.